The van der Waals surface area contributed by atoms with Crippen molar-refractivity contribution in [3.63, 3.8) is 0 Å². The summed E-state index contributed by atoms with van der Waals surface area (Å²) in [5.74, 6) is 0. The van der Waals surface area contributed by atoms with E-state index >= 15 is 0 Å². The lowest BCUT2D eigenvalue weighted by Gasteiger charge is -2.09. The minimum Gasteiger partial charge on any atom is -0.392 e. The zero-order valence-electron chi connectivity index (χ0n) is 8.23. The van der Waals surface area contributed by atoms with Crippen LogP contribution in [0.4, 0.5) is 8.78 Å². The van der Waals surface area contributed by atoms with Gasteiger partial charge < -0.3 is 5.11 Å². The third-order valence-electron chi connectivity index (χ3n) is 1.86. The van der Waals surface area contributed by atoms with Gasteiger partial charge in [-0.1, -0.05) is 18.2 Å². The van der Waals surface area contributed by atoms with Crippen LogP contribution in [0.1, 0.15) is 5.56 Å². The fourth-order valence-corrected chi connectivity index (χ4v) is 2.38. The van der Waals surface area contributed by atoms with Crippen LogP contribution in [0.5, 0.6) is 0 Å². The van der Waals surface area contributed by atoms with Crippen molar-refractivity contribution in [1.82, 2.24) is 4.72 Å². The molecular weight excluding hydrogens is 240 g/mol. The summed E-state index contributed by atoms with van der Waals surface area (Å²) in [6, 6.07) is 5.67. The molecule has 0 fully saturated rings. The summed E-state index contributed by atoms with van der Waals surface area (Å²) in [7, 11) is -3.99. The molecule has 0 spiro atoms. The third kappa shape index (κ3) is 3.22. The lowest BCUT2D eigenvalue weighted by atomic mass is 10.2. The topological polar surface area (TPSA) is 66.4 Å². The number of benzene rings is 1. The first-order valence-corrected chi connectivity index (χ1v) is 5.92. The molecule has 0 heterocycles. The second kappa shape index (κ2) is 5.33. The number of aliphatic hydroxyl groups is 1. The molecule has 90 valence electrons. The van der Waals surface area contributed by atoms with Gasteiger partial charge in [0.25, 0.3) is 6.43 Å². The average Bonchev–Trinajstić information content (AvgIpc) is 2.26. The van der Waals surface area contributed by atoms with Crippen LogP contribution in [0.2, 0.25) is 0 Å². The molecule has 4 nitrogen and oxygen atoms in total. The SMILES string of the molecule is O=S(=O)(NCC(F)F)c1ccccc1CO. The molecule has 0 aromatic heterocycles. The van der Waals surface area contributed by atoms with E-state index in [0.29, 0.717) is 0 Å². The monoisotopic (exact) mass is 251 g/mol. The van der Waals surface area contributed by atoms with Crippen molar-refractivity contribution in [2.45, 2.75) is 17.9 Å². The summed E-state index contributed by atoms with van der Waals surface area (Å²) in [5, 5.41) is 8.92. The van der Waals surface area contributed by atoms with E-state index in [1.807, 2.05) is 0 Å². The van der Waals surface area contributed by atoms with Crippen LogP contribution in [0.15, 0.2) is 29.2 Å². The molecule has 1 rings (SSSR count). The number of halogens is 2. The standard InChI is InChI=1S/C9H11F2NO3S/c10-9(11)5-12-16(14,15)8-4-2-1-3-7(8)6-13/h1-4,9,12-13H,5-6H2. The summed E-state index contributed by atoms with van der Waals surface area (Å²) in [6.07, 6.45) is -2.75. The first-order chi connectivity index (χ1) is 7.47. The molecule has 16 heavy (non-hydrogen) atoms. The lowest BCUT2D eigenvalue weighted by molar-refractivity contribution is 0.153. The average molecular weight is 251 g/mol. The minimum atomic E-state index is -3.99. The van der Waals surface area contributed by atoms with Crippen molar-refractivity contribution in [2.75, 3.05) is 6.54 Å². The van der Waals surface area contributed by atoms with E-state index in [-0.39, 0.29) is 10.5 Å². The summed E-state index contributed by atoms with van der Waals surface area (Å²) >= 11 is 0. The Bertz CT molecular complexity index is 448. The molecular formula is C9H11F2NO3S. The Balaban J connectivity index is 2.98. The molecule has 0 aliphatic rings. The smallest absolute Gasteiger partial charge is 0.251 e. The van der Waals surface area contributed by atoms with Gasteiger partial charge in [0.2, 0.25) is 10.0 Å². The number of hydrogen-bond donors (Lipinski definition) is 2. The van der Waals surface area contributed by atoms with Crippen LogP contribution in [0.3, 0.4) is 0 Å². The van der Waals surface area contributed by atoms with Gasteiger partial charge in [0, 0.05) is 0 Å². The van der Waals surface area contributed by atoms with Gasteiger partial charge >= 0.3 is 0 Å². The number of rotatable bonds is 5. The Hall–Kier alpha value is -1.05. The first kappa shape index (κ1) is 13.0. The van der Waals surface area contributed by atoms with Gasteiger partial charge in [0.15, 0.2) is 0 Å². The van der Waals surface area contributed by atoms with Crippen molar-refractivity contribution in [3.8, 4) is 0 Å². The molecule has 1 aromatic carbocycles. The van der Waals surface area contributed by atoms with E-state index in [1.54, 1.807) is 10.8 Å². The van der Waals surface area contributed by atoms with E-state index in [1.165, 1.54) is 18.2 Å². The Kier molecular flexibility index (Phi) is 4.34. The van der Waals surface area contributed by atoms with Crippen LogP contribution < -0.4 is 4.72 Å². The van der Waals surface area contributed by atoms with E-state index in [0.717, 1.165) is 0 Å². The summed E-state index contributed by atoms with van der Waals surface area (Å²) in [5.41, 5.74) is 0.171. The minimum absolute atomic E-state index is 0.171. The third-order valence-corrected chi connectivity index (χ3v) is 3.38. The zero-order chi connectivity index (χ0) is 12.2. The van der Waals surface area contributed by atoms with E-state index in [9.17, 15) is 17.2 Å². The molecule has 0 atom stereocenters. The van der Waals surface area contributed by atoms with Crippen molar-refractivity contribution in [2.24, 2.45) is 0 Å². The Morgan fingerprint density at radius 1 is 1.31 bits per heavy atom. The normalized spacial score (nSPS) is 12.0. The maximum absolute atomic E-state index is 11.9. The number of alkyl halides is 2. The zero-order valence-corrected chi connectivity index (χ0v) is 9.05. The molecule has 2 N–H and O–H groups in total. The van der Waals surface area contributed by atoms with E-state index < -0.39 is 29.6 Å². The van der Waals surface area contributed by atoms with E-state index in [4.69, 9.17) is 5.11 Å². The van der Waals surface area contributed by atoms with Gasteiger partial charge in [-0.05, 0) is 11.6 Å². The van der Waals surface area contributed by atoms with Crippen LogP contribution >= 0.6 is 0 Å². The summed E-state index contributed by atoms with van der Waals surface area (Å²) in [6.45, 7) is -1.41. The molecule has 0 aliphatic heterocycles. The number of sulfonamides is 1. The van der Waals surface area contributed by atoms with Gasteiger partial charge in [0.05, 0.1) is 18.0 Å². The summed E-state index contributed by atoms with van der Waals surface area (Å²) < 4.78 is 48.7. The predicted molar refractivity (Wildman–Crippen MR) is 53.6 cm³/mol. The second-order valence-corrected chi connectivity index (χ2v) is 4.74. The number of nitrogens with one attached hydrogen (secondary N) is 1. The van der Waals surface area contributed by atoms with Gasteiger partial charge in [-0.15, -0.1) is 0 Å². The van der Waals surface area contributed by atoms with Gasteiger partial charge in [-0.25, -0.2) is 21.9 Å². The molecule has 0 bridgehead atoms. The Morgan fingerprint density at radius 2 is 1.94 bits per heavy atom. The number of hydrogen-bond acceptors (Lipinski definition) is 3. The highest BCUT2D eigenvalue weighted by atomic mass is 32.2. The van der Waals surface area contributed by atoms with Crippen molar-refractivity contribution >= 4 is 10.0 Å². The lowest BCUT2D eigenvalue weighted by Crippen LogP contribution is -2.29. The van der Waals surface area contributed by atoms with Crippen LogP contribution in [0, 0.1) is 0 Å². The quantitative estimate of drug-likeness (QED) is 0.810. The maximum atomic E-state index is 11.9. The van der Waals surface area contributed by atoms with E-state index in [2.05, 4.69) is 0 Å². The van der Waals surface area contributed by atoms with Crippen LogP contribution in [-0.2, 0) is 16.6 Å². The van der Waals surface area contributed by atoms with Crippen molar-refractivity contribution in [3.05, 3.63) is 29.8 Å². The Labute approximate surface area is 92.0 Å². The summed E-state index contributed by atoms with van der Waals surface area (Å²) in [4.78, 5) is -0.182. The first-order valence-electron chi connectivity index (χ1n) is 4.44. The highest BCUT2D eigenvalue weighted by Crippen LogP contribution is 2.15. The largest absolute Gasteiger partial charge is 0.392 e. The molecule has 0 radical (unpaired) electrons. The van der Waals surface area contributed by atoms with Gasteiger partial charge in [-0.3, -0.25) is 0 Å². The maximum Gasteiger partial charge on any atom is 0.251 e. The molecule has 0 saturated heterocycles. The highest BCUT2D eigenvalue weighted by molar-refractivity contribution is 7.89. The molecule has 0 unspecified atom stereocenters. The highest BCUT2D eigenvalue weighted by Gasteiger charge is 2.18. The molecule has 0 aliphatic carbocycles. The second-order valence-electron chi connectivity index (χ2n) is 3.01. The fraction of sp³-hybridized carbons (Fsp3) is 0.333. The Morgan fingerprint density at radius 3 is 2.50 bits per heavy atom. The van der Waals surface area contributed by atoms with Crippen molar-refractivity contribution < 1.29 is 22.3 Å². The molecule has 7 heteroatoms. The van der Waals surface area contributed by atoms with Crippen LogP contribution in [-0.4, -0.2) is 26.5 Å². The molecule has 0 amide bonds. The predicted octanol–water partition coefficient (Wildman–Crippen LogP) is 0.722. The fourth-order valence-electron chi connectivity index (χ4n) is 1.15. The van der Waals surface area contributed by atoms with Crippen molar-refractivity contribution in [1.29, 1.82) is 0 Å². The van der Waals surface area contributed by atoms with Gasteiger partial charge in [-0.2, -0.15) is 0 Å². The molecule has 1 aromatic rings. The van der Waals surface area contributed by atoms with Gasteiger partial charge in [0.1, 0.15) is 0 Å². The molecule has 0 saturated carbocycles. The van der Waals surface area contributed by atoms with Crippen LogP contribution in [0.25, 0.3) is 0 Å². The number of aliphatic hydroxyl groups excluding tert-OH is 1.